The van der Waals surface area contributed by atoms with E-state index in [-0.39, 0.29) is 11.6 Å². The molecule has 2 aromatic heterocycles. The van der Waals surface area contributed by atoms with E-state index < -0.39 is 0 Å². The van der Waals surface area contributed by atoms with E-state index in [9.17, 15) is 4.79 Å². The van der Waals surface area contributed by atoms with Gasteiger partial charge in [0.15, 0.2) is 0 Å². The van der Waals surface area contributed by atoms with Crippen LogP contribution in [-0.4, -0.2) is 4.98 Å². The van der Waals surface area contributed by atoms with Crippen LogP contribution in [0.25, 0.3) is 27.7 Å². The van der Waals surface area contributed by atoms with Crippen molar-refractivity contribution in [3.05, 3.63) is 99.7 Å². The van der Waals surface area contributed by atoms with Crippen LogP contribution in [0.2, 0.25) is 5.02 Å². The van der Waals surface area contributed by atoms with Gasteiger partial charge in [-0.1, -0.05) is 41.9 Å². The molecule has 6 heteroatoms. The summed E-state index contributed by atoms with van der Waals surface area (Å²) in [6.45, 7) is 0. The van der Waals surface area contributed by atoms with Crippen LogP contribution < -0.4 is 16.4 Å². The van der Waals surface area contributed by atoms with E-state index >= 15 is 0 Å². The summed E-state index contributed by atoms with van der Waals surface area (Å²) >= 11 is 6.27. The van der Waals surface area contributed by atoms with Gasteiger partial charge in [0.25, 0.3) is 5.56 Å². The Balaban J connectivity index is 1.78. The van der Waals surface area contributed by atoms with E-state index in [4.69, 9.17) is 16.0 Å². The van der Waals surface area contributed by atoms with Crippen molar-refractivity contribution in [2.45, 2.75) is 6.04 Å². The molecule has 1 aliphatic heterocycles. The monoisotopic (exact) mass is 389 g/mol. The van der Waals surface area contributed by atoms with E-state index in [1.54, 1.807) is 12.3 Å². The van der Waals surface area contributed by atoms with Crippen molar-refractivity contribution in [2.75, 3.05) is 0 Å². The third-order valence-corrected chi connectivity index (χ3v) is 5.09. The average Bonchev–Trinajstić information content (AvgIpc) is 3.40. The SMILES string of the molecule is O=c1[nH]c2ccc(Cl)cc2c(-c2ccccc2)c1C1=CC(c2ccco2)NN1. The van der Waals surface area contributed by atoms with Crippen LogP contribution in [0.15, 0.2) is 82.2 Å². The molecule has 138 valence electrons. The molecule has 2 aromatic carbocycles. The number of pyridine rings is 1. The number of hydrogen-bond donors (Lipinski definition) is 3. The number of aromatic nitrogens is 1. The first-order valence-corrected chi connectivity index (χ1v) is 9.26. The van der Waals surface area contributed by atoms with E-state index in [0.717, 1.165) is 27.8 Å². The Labute approximate surface area is 165 Å². The number of hydrazine groups is 1. The predicted octanol–water partition coefficient (Wildman–Crippen LogP) is 4.63. The Hall–Kier alpha value is -3.28. The largest absolute Gasteiger partial charge is 0.467 e. The molecular weight excluding hydrogens is 374 g/mol. The number of hydrogen-bond acceptors (Lipinski definition) is 4. The van der Waals surface area contributed by atoms with Gasteiger partial charge in [-0.15, -0.1) is 0 Å². The zero-order chi connectivity index (χ0) is 19.1. The van der Waals surface area contributed by atoms with Crippen molar-refractivity contribution in [3.8, 4) is 11.1 Å². The molecule has 0 saturated carbocycles. The standard InChI is InChI=1S/C22H16ClN3O2/c23-14-8-9-16-15(11-14)20(13-5-2-1-3-6-13)21(22(27)24-16)18-12-17(25-26-18)19-7-4-10-28-19/h1-12,17,25-26H,(H,24,27). The summed E-state index contributed by atoms with van der Waals surface area (Å²) in [6, 6.07) is 18.9. The zero-order valence-electron chi connectivity index (χ0n) is 14.7. The molecule has 0 bridgehead atoms. The lowest BCUT2D eigenvalue weighted by atomic mass is 9.94. The molecule has 0 fully saturated rings. The fraction of sp³-hybridized carbons (Fsp3) is 0.0455. The molecular formula is C22H16ClN3O2. The summed E-state index contributed by atoms with van der Waals surface area (Å²) in [6.07, 6.45) is 3.58. The predicted molar refractivity (Wildman–Crippen MR) is 111 cm³/mol. The van der Waals surface area contributed by atoms with Gasteiger partial charge in [0.2, 0.25) is 0 Å². The van der Waals surface area contributed by atoms with Crippen LogP contribution in [0.1, 0.15) is 17.4 Å². The Morgan fingerprint density at radius 3 is 2.61 bits per heavy atom. The topological polar surface area (TPSA) is 70.1 Å². The van der Waals surface area contributed by atoms with Crippen molar-refractivity contribution < 1.29 is 4.42 Å². The highest BCUT2D eigenvalue weighted by molar-refractivity contribution is 6.31. The molecule has 0 saturated heterocycles. The van der Waals surface area contributed by atoms with Crippen molar-refractivity contribution in [1.29, 1.82) is 0 Å². The van der Waals surface area contributed by atoms with Crippen molar-refractivity contribution in [3.63, 3.8) is 0 Å². The highest BCUT2D eigenvalue weighted by Crippen LogP contribution is 2.35. The highest BCUT2D eigenvalue weighted by atomic mass is 35.5. The minimum atomic E-state index is -0.172. The summed E-state index contributed by atoms with van der Waals surface area (Å²) < 4.78 is 5.48. The maximum atomic E-state index is 13.1. The zero-order valence-corrected chi connectivity index (χ0v) is 15.5. The number of rotatable bonds is 3. The molecule has 0 aliphatic carbocycles. The van der Waals surface area contributed by atoms with Gasteiger partial charge in [-0.3, -0.25) is 4.79 Å². The van der Waals surface area contributed by atoms with E-state index in [0.29, 0.717) is 16.3 Å². The molecule has 1 aliphatic rings. The van der Waals surface area contributed by atoms with Crippen molar-refractivity contribution in [2.24, 2.45) is 0 Å². The first-order valence-electron chi connectivity index (χ1n) is 8.89. The summed E-state index contributed by atoms with van der Waals surface area (Å²) in [5, 5.41) is 1.50. The number of fused-ring (bicyclic) bond motifs is 1. The van der Waals surface area contributed by atoms with E-state index in [2.05, 4.69) is 15.8 Å². The average molecular weight is 390 g/mol. The molecule has 0 spiro atoms. The lowest BCUT2D eigenvalue weighted by Gasteiger charge is -2.14. The van der Waals surface area contributed by atoms with Crippen LogP contribution >= 0.6 is 11.6 Å². The Morgan fingerprint density at radius 1 is 0.964 bits per heavy atom. The summed E-state index contributed by atoms with van der Waals surface area (Å²) in [5.41, 5.74) is 9.90. The van der Waals surface area contributed by atoms with Crippen LogP contribution in [-0.2, 0) is 0 Å². The fourth-order valence-electron chi connectivity index (χ4n) is 3.60. The van der Waals surface area contributed by atoms with Gasteiger partial charge < -0.3 is 14.8 Å². The van der Waals surface area contributed by atoms with Gasteiger partial charge in [0.1, 0.15) is 11.8 Å². The van der Waals surface area contributed by atoms with Crippen molar-refractivity contribution in [1.82, 2.24) is 15.8 Å². The number of H-pyrrole nitrogens is 1. The van der Waals surface area contributed by atoms with Gasteiger partial charge in [-0.05, 0) is 42.0 Å². The molecule has 0 radical (unpaired) electrons. The van der Waals surface area contributed by atoms with Gasteiger partial charge >= 0.3 is 0 Å². The van der Waals surface area contributed by atoms with Crippen LogP contribution in [0, 0.1) is 0 Å². The lowest BCUT2D eigenvalue weighted by Crippen LogP contribution is -2.28. The lowest BCUT2D eigenvalue weighted by molar-refractivity contribution is 0.454. The maximum Gasteiger partial charge on any atom is 0.258 e. The van der Waals surface area contributed by atoms with E-state index in [1.807, 2.05) is 60.7 Å². The minimum Gasteiger partial charge on any atom is -0.467 e. The van der Waals surface area contributed by atoms with Gasteiger partial charge in [0.05, 0.1) is 17.5 Å². The quantitative estimate of drug-likeness (QED) is 0.477. The molecule has 4 aromatic rings. The first-order chi connectivity index (χ1) is 13.7. The smallest absolute Gasteiger partial charge is 0.258 e. The molecule has 3 heterocycles. The van der Waals surface area contributed by atoms with Crippen LogP contribution in [0.4, 0.5) is 0 Å². The Bertz CT molecular complexity index is 1240. The van der Waals surface area contributed by atoms with Gasteiger partial charge in [-0.2, -0.15) is 0 Å². The second kappa shape index (κ2) is 6.71. The van der Waals surface area contributed by atoms with Crippen LogP contribution in [0.5, 0.6) is 0 Å². The third kappa shape index (κ3) is 2.81. The van der Waals surface area contributed by atoms with Crippen molar-refractivity contribution >= 4 is 28.2 Å². The number of aromatic amines is 1. The normalized spacial score (nSPS) is 16.2. The number of furan rings is 1. The molecule has 3 N–H and O–H groups in total. The minimum absolute atomic E-state index is 0.164. The highest BCUT2D eigenvalue weighted by Gasteiger charge is 2.25. The molecule has 1 unspecified atom stereocenters. The Kier molecular flexibility index (Phi) is 4.04. The summed E-state index contributed by atoms with van der Waals surface area (Å²) in [5.74, 6) is 0.768. The number of benzene rings is 2. The number of nitrogens with one attached hydrogen (secondary N) is 3. The fourth-order valence-corrected chi connectivity index (χ4v) is 3.77. The third-order valence-electron chi connectivity index (χ3n) is 4.85. The molecule has 5 rings (SSSR count). The summed E-state index contributed by atoms with van der Waals surface area (Å²) in [7, 11) is 0. The Morgan fingerprint density at radius 2 is 1.82 bits per heavy atom. The molecule has 28 heavy (non-hydrogen) atoms. The number of halogens is 1. The maximum absolute atomic E-state index is 13.1. The van der Waals surface area contributed by atoms with Gasteiger partial charge in [-0.25, -0.2) is 5.43 Å². The molecule has 5 nitrogen and oxygen atoms in total. The van der Waals surface area contributed by atoms with Crippen LogP contribution in [0.3, 0.4) is 0 Å². The molecule has 1 atom stereocenters. The van der Waals surface area contributed by atoms with Gasteiger partial charge in [0, 0.05) is 21.5 Å². The molecule has 0 amide bonds. The first kappa shape index (κ1) is 16.9. The second-order valence-electron chi connectivity index (χ2n) is 6.60. The van der Waals surface area contributed by atoms with E-state index in [1.165, 1.54) is 0 Å². The summed E-state index contributed by atoms with van der Waals surface area (Å²) in [4.78, 5) is 16.0. The second-order valence-corrected chi connectivity index (χ2v) is 7.04.